The molecule has 3 N–H and O–H groups in total. The van der Waals surface area contributed by atoms with Gasteiger partial charge >= 0.3 is 17.9 Å². The average Bonchev–Trinajstić information content (AvgIpc) is 3.25. The van der Waals surface area contributed by atoms with Crippen LogP contribution < -0.4 is 16.0 Å². The summed E-state index contributed by atoms with van der Waals surface area (Å²) in [4.78, 5) is 73.7. The van der Waals surface area contributed by atoms with Gasteiger partial charge in [0.1, 0.15) is 37.1 Å². The van der Waals surface area contributed by atoms with E-state index >= 15 is 0 Å². The predicted octanol–water partition coefficient (Wildman–Crippen LogP) is 7.22. The van der Waals surface area contributed by atoms with E-state index in [0.717, 1.165) is 44.1 Å². The number of ether oxygens (including phenoxy) is 7. The molecule has 0 aliphatic rings. The van der Waals surface area contributed by atoms with Gasteiger partial charge in [0, 0.05) is 32.4 Å². The van der Waals surface area contributed by atoms with Gasteiger partial charge in [0.05, 0.1) is 39.6 Å². The third kappa shape index (κ3) is 39.1. The second-order valence-corrected chi connectivity index (χ2v) is 18.4. The highest BCUT2D eigenvalue weighted by atomic mass is 16.6. The van der Waals surface area contributed by atoms with Crippen LogP contribution in [0.1, 0.15) is 163 Å². The van der Waals surface area contributed by atoms with Gasteiger partial charge in [0.15, 0.2) is 0 Å². The first kappa shape index (κ1) is 59.9. The molecule has 0 aliphatic carbocycles. The van der Waals surface area contributed by atoms with Gasteiger partial charge in [-0.1, -0.05) is 107 Å². The van der Waals surface area contributed by atoms with Crippen LogP contribution in [0, 0.1) is 0 Å². The summed E-state index contributed by atoms with van der Waals surface area (Å²) in [6, 6.07) is 8.43. The monoisotopic (exact) mass is 936 g/mol. The molecule has 378 valence electrons. The van der Waals surface area contributed by atoms with Crippen LogP contribution in [0.3, 0.4) is 0 Å². The fraction of sp³-hybridized carbons (Fsp3) is 0.760. The molecule has 66 heavy (non-hydrogen) atoms. The fourth-order valence-electron chi connectivity index (χ4n) is 6.44. The van der Waals surface area contributed by atoms with Crippen molar-refractivity contribution in [2.75, 3.05) is 65.9 Å². The lowest BCUT2D eigenvalue weighted by molar-refractivity contribution is -0.159. The van der Waals surface area contributed by atoms with Gasteiger partial charge in [-0.2, -0.15) is 0 Å². The Bertz CT molecular complexity index is 1460. The lowest BCUT2D eigenvalue weighted by Gasteiger charge is -2.24. The third-order valence-electron chi connectivity index (χ3n) is 9.72. The molecule has 16 nitrogen and oxygen atoms in total. The zero-order valence-corrected chi connectivity index (χ0v) is 41.3. The number of carbonyl (C=O) groups is 6. The largest absolute Gasteiger partial charge is 0.460 e. The lowest BCUT2D eigenvalue weighted by Crippen LogP contribution is -2.44. The number of hydrogen-bond donors (Lipinski definition) is 3. The van der Waals surface area contributed by atoms with Crippen LogP contribution >= 0.6 is 0 Å². The number of benzene rings is 1. The summed E-state index contributed by atoms with van der Waals surface area (Å²) >= 11 is 0. The molecular formula is C50H85N3O13. The van der Waals surface area contributed by atoms with E-state index in [1.807, 2.05) is 51.1 Å². The minimum atomic E-state index is -0.931. The summed E-state index contributed by atoms with van der Waals surface area (Å²) in [7, 11) is 0. The van der Waals surface area contributed by atoms with Crippen molar-refractivity contribution in [1.29, 1.82) is 0 Å². The SMILES string of the molecule is CC(C)(C)OC(=O)CCCCCCCCCCCCCCCCC(=O)N[C@@H](CCC(=O)NCCOCCOCC(=O)NCCOCCOCC(=O)OCc1ccccc1)C(=O)OC(C)(C)C. The van der Waals surface area contributed by atoms with Crippen LogP contribution in [0.25, 0.3) is 0 Å². The van der Waals surface area contributed by atoms with Crippen molar-refractivity contribution in [3.63, 3.8) is 0 Å². The quantitative estimate of drug-likeness (QED) is 0.0339. The summed E-state index contributed by atoms with van der Waals surface area (Å²) in [5.41, 5.74) is -0.252. The van der Waals surface area contributed by atoms with Crippen LogP contribution in [-0.4, -0.2) is 119 Å². The number of unbranched alkanes of at least 4 members (excludes halogenated alkanes) is 13. The van der Waals surface area contributed by atoms with Crippen LogP contribution in [0.5, 0.6) is 0 Å². The first-order valence-electron chi connectivity index (χ1n) is 24.3. The van der Waals surface area contributed by atoms with Crippen LogP contribution in [0.2, 0.25) is 0 Å². The van der Waals surface area contributed by atoms with Crippen LogP contribution in [-0.2, 0) is 68.5 Å². The van der Waals surface area contributed by atoms with E-state index in [-0.39, 0.29) is 109 Å². The predicted molar refractivity (Wildman–Crippen MR) is 252 cm³/mol. The Kier molecular flexibility index (Phi) is 34.4. The second-order valence-electron chi connectivity index (χ2n) is 18.4. The normalized spacial score (nSPS) is 12.0. The molecule has 0 unspecified atom stereocenters. The molecule has 1 aromatic rings. The van der Waals surface area contributed by atoms with Crippen molar-refractivity contribution in [3.8, 4) is 0 Å². The van der Waals surface area contributed by atoms with Crippen molar-refractivity contribution >= 4 is 35.6 Å². The number of nitrogens with one attached hydrogen (secondary N) is 3. The van der Waals surface area contributed by atoms with Gasteiger partial charge in [0.2, 0.25) is 17.7 Å². The van der Waals surface area contributed by atoms with E-state index in [2.05, 4.69) is 16.0 Å². The maximum atomic E-state index is 12.9. The molecule has 0 fully saturated rings. The molecule has 3 amide bonds. The minimum Gasteiger partial charge on any atom is -0.460 e. The average molecular weight is 936 g/mol. The molecule has 0 heterocycles. The Morgan fingerprint density at radius 3 is 1.48 bits per heavy atom. The number of rotatable bonds is 40. The van der Waals surface area contributed by atoms with E-state index in [9.17, 15) is 28.8 Å². The zero-order chi connectivity index (χ0) is 48.7. The number of amides is 3. The van der Waals surface area contributed by atoms with Gasteiger partial charge < -0.3 is 49.1 Å². The zero-order valence-electron chi connectivity index (χ0n) is 41.3. The molecule has 1 atom stereocenters. The molecule has 0 saturated heterocycles. The standard InChI is InChI=1S/C50H85N3O13/c1-49(2,3)65-46(57)27-23-18-16-14-12-10-8-7-9-11-13-15-17-22-26-44(55)53-42(48(59)66-50(4,5)6)28-29-43(54)51-30-32-60-34-36-62-39-45(56)52-31-33-61-35-37-63-40-47(58)64-38-41-24-20-19-21-25-41/h19-21,24-25,42H,7-18,22-23,26-40H2,1-6H3,(H,51,54)(H,52,56)(H,53,55)/t42-/m0/s1. The summed E-state index contributed by atoms with van der Waals surface area (Å²) < 4.78 is 37.5. The molecule has 1 aromatic carbocycles. The second kappa shape index (κ2) is 37.9. The summed E-state index contributed by atoms with van der Waals surface area (Å²) in [6.07, 6.45) is 16.6. The Morgan fingerprint density at radius 2 is 0.955 bits per heavy atom. The van der Waals surface area contributed by atoms with E-state index < -0.39 is 29.2 Å². The fourth-order valence-corrected chi connectivity index (χ4v) is 6.44. The van der Waals surface area contributed by atoms with E-state index in [0.29, 0.717) is 12.8 Å². The van der Waals surface area contributed by atoms with Crippen molar-refractivity contribution < 1.29 is 61.9 Å². The topological polar surface area (TPSA) is 203 Å². The van der Waals surface area contributed by atoms with E-state index in [1.165, 1.54) is 51.4 Å². The van der Waals surface area contributed by atoms with Gasteiger partial charge in [-0.15, -0.1) is 0 Å². The summed E-state index contributed by atoms with van der Waals surface area (Å²) in [5.74, 6) is -1.95. The highest BCUT2D eigenvalue weighted by Gasteiger charge is 2.27. The first-order chi connectivity index (χ1) is 31.5. The number of hydrogen-bond acceptors (Lipinski definition) is 13. The highest BCUT2D eigenvalue weighted by Crippen LogP contribution is 2.16. The Hall–Kier alpha value is -4.12. The first-order valence-corrected chi connectivity index (χ1v) is 24.3. The Balaban J connectivity index is 2.05. The highest BCUT2D eigenvalue weighted by molar-refractivity contribution is 5.85. The molecule has 0 bridgehead atoms. The Labute approximate surface area is 395 Å². The number of esters is 3. The summed E-state index contributed by atoms with van der Waals surface area (Å²) in [6.45, 7) is 12.7. The third-order valence-corrected chi connectivity index (χ3v) is 9.72. The molecule has 16 heteroatoms. The maximum Gasteiger partial charge on any atom is 0.332 e. The van der Waals surface area contributed by atoms with Crippen LogP contribution in [0.4, 0.5) is 0 Å². The maximum absolute atomic E-state index is 12.9. The van der Waals surface area contributed by atoms with Gasteiger partial charge in [-0.05, 0) is 66.4 Å². The molecule has 0 spiro atoms. The Morgan fingerprint density at radius 1 is 0.485 bits per heavy atom. The minimum absolute atomic E-state index is 0.0185. The molecule has 1 rings (SSSR count). The molecule has 0 saturated carbocycles. The smallest absolute Gasteiger partial charge is 0.332 e. The van der Waals surface area contributed by atoms with Gasteiger partial charge in [0.25, 0.3) is 0 Å². The van der Waals surface area contributed by atoms with E-state index in [4.69, 9.17) is 33.2 Å². The molecule has 0 radical (unpaired) electrons. The van der Waals surface area contributed by atoms with Crippen LogP contribution in [0.15, 0.2) is 30.3 Å². The van der Waals surface area contributed by atoms with Crippen molar-refractivity contribution in [2.45, 2.75) is 181 Å². The van der Waals surface area contributed by atoms with E-state index in [1.54, 1.807) is 20.8 Å². The molecule has 0 aliphatic heterocycles. The van der Waals surface area contributed by atoms with Gasteiger partial charge in [-0.25, -0.2) is 9.59 Å². The lowest BCUT2D eigenvalue weighted by atomic mass is 10.0. The molecular weight excluding hydrogens is 851 g/mol. The van der Waals surface area contributed by atoms with Crippen molar-refractivity contribution in [2.24, 2.45) is 0 Å². The van der Waals surface area contributed by atoms with Crippen molar-refractivity contribution in [1.82, 2.24) is 16.0 Å². The number of carbonyl (C=O) groups excluding carboxylic acids is 6. The summed E-state index contributed by atoms with van der Waals surface area (Å²) in [5, 5.41) is 8.22. The molecule has 0 aromatic heterocycles. The van der Waals surface area contributed by atoms with Crippen molar-refractivity contribution in [3.05, 3.63) is 35.9 Å². The van der Waals surface area contributed by atoms with Gasteiger partial charge in [-0.3, -0.25) is 19.2 Å².